The van der Waals surface area contributed by atoms with Crippen LogP contribution in [-0.2, 0) is 28.3 Å². The molecule has 3 aromatic carbocycles. The van der Waals surface area contributed by atoms with Crippen LogP contribution in [0.3, 0.4) is 0 Å². The van der Waals surface area contributed by atoms with E-state index < -0.39 is 6.04 Å². The number of amides is 2. The summed E-state index contributed by atoms with van der Waals surface area (Å²) in [6.07, 6.45) is 1.22. The van der Waals surface area contributed by atoms with E-state index in [0.29, 0.717) is 17.2 Å². The number of rotatable bonds is 13. The number of nitrogens with zero attached hydrogens (tertiary/aromatic N) is 1. The van der Waals surface area contributed by atoms with Crippen molar-refractivity contribution in [1.29, 1.82) is 0 Å². The first-order valence-electron chi connectivity index (χ1n) is 12.5. The first kappa shape index (κ1) is 28.6. The fourth-order valence-corrected chi connectivity index (χ4v) is 4.93. The lowest BCUT2D eigenvalue weighted by atomic mass is 10.0. The summed E-state index contributed by atoms with van der Waals surface area (Å²) in [5, 5.41) is 3.67. The molecule has 2 unspecified atom stereocenters. The predicted octanol–water partition coefficient (Wildman–Crippen LogP) is 6.14. The summed E-state index contributed by atoms with van der Waals surface area (Å²) in [5.41, 5.74) is 2.91. The van der Waals surface area contributed by atoms with Crippen molar-refractivity contribution in [3.63, 3.8) is 0 Å². The van der Waals surface area contributed by atoms with Crippen molar-refractivity contribution in [1.82, 2.24) is 10.2 Å². The van der Waals surface area contributed by atoms with Gasteiger partial charge in [0.05, 0.1) is 12.9 Å². The highest BCUT2D eigenvalue weighted by atomic mass is 35.5. The maximum atomic E-state index is 13.7. The fraction of sp³-hybridized carbons (Fsp3) is 0.333. The number of methoxy groups -OCH3 is 1. The van der Waals surface area contributed by atoms with Gasteiger partial charge in [0.25, 0.3) is 0 Å². The topological polar surface area (TPSA) is 58.6 Å². The predicted molar refractivity (Wildman–Crippen MR) is 153 cm³/mol. The Morgan fingerprint density at radius 2 is 1.65 bits per heavy atom. The Hall–Kier alpha value is -2.96. The van der Waals surface area contributed by atoms with Crippen LogP contribution in [0.2, 0.25) is 5.02 Å². The van der Waals surface area contributed by atoms with E-state index in [1.165, 1.54) is 11.8 Å². The van der Waals surface area contributed by atoms with Crippen molar-refractivity contribution in [2.24, 2.45) is 0 Å². The average molecular weight is 539 g/mol. The van der Waals surface area contributed by atoms with Gasteiger partial charge in [0.15, 0.2) is 0 Å². The third-order valence-corrected chi connectivity index (χ3v) is 7.58. The quantitative estimate of drug-likeness (QED) is 0.284. The van der Waals surface area contributed by atoms with Crippen LogP contribution in [0, 0.1) is 0 Å². The van der Waals surface area contributed by atoms with Crippen LogP contribution in [-0.4, -0.2) is 41.7 Å². The molecule has 0 saturated carbocycles. The van der Waals surface area contributed by atoms with Gasteiger partial charge in [0.1, 0.15) is 11.8 Å². The van der Waals surface area contributed by atoms with E-state index in [1.807, 2.05) is 92.7 Å². The summed E-state index contributed by atoms with van der Waals surface area (Å²) in [5.74, 6) is 1.47. The molecule has 0 aliphatic heterocycles. The van der Waals surface area contributed by atoms with Crippen LogP contribution in [0.4, 0.5) is 0 Å². The Morgan fingerprint density at radius 1 is 0.973 bits per heavy atom. The molecule has 0 aromatic heterocycles. The van der Waals surface area contributed by atoms with Gasteiger partial charge in [0, 0.05) is 29.8 Å². The van der Waals surface area contributed by atoms with Crippen molar-refractivity contribution in [2.75, 3.05) is 12.9 Å². The van der Waals surface area contributed by atoms with E-state index in [4.69, 9.17) is 16.3 Å². The van der Waals surface area contributed by atoms with Crippen molar-refractivity contribution in [2.45, 2.75) is 51.1 Å². The van der Waals surface area contributed by atoms with Crippen LogP contribution in [0.25, 0.3) is 0 Å². The van der Waals surface area contributed by atoms with E-state index in [9.17, 15) is 9.59 Å². The lowest BCUT2D eigenvalue weighted by Gasteiger charge is -2.32. The van der Waals surface area contributed by atoms with Crippen LogP contribution < -0.4 is 10.1 Å². The van der Waals surface area contributed by atoms with Gasteiger partial charge in [-0.3, -0.25) is 9.59 Å². The van der Waals surface area contributed by atoms with E-state index in [1.54, 1.807) is 12.0 Å². The third-order valence-electron chi connectivity index (χ3n) is 6.22. The van der Waals surface area contributed by atoms with Gasteiger partial charge in [-0.05, 0) is 48.2 Å². The summed E-state index contributed by atoms with van der Waals surface area (Å²) >= 11 is 8.01. The van der Waals surface area contributed by atoms with Crippen molar-refractivity contribution in [3.05, 3.63) is 101 Å². The highest BCUT2D eigenvalue weighted by Crippen LogP contribution is 2.23. The maximum absolute atomic E-state index is 13.7. The largest absolute Gasteiger partial charge is 0.497 e. The monoisotopic (exact) mass is 538 g/mol. The number of benzene rings is 3. The minimum atomic E-state index is -0.665. The summed E-state index contributed by atoms with van der Waals surface area (Å²) in [6.45, 7) is 4.26. The molecular formula is C30H35ClN2O3S. The van der Waals surface area contributed by atoms with Crippen LogP contribution in [0.1, 0.15) is 37.0 Å². The Kier molecular flexibility index (Phi) is 11.4. The minimum absolute atomic E-state index is 0.00693. The number of hydrogen-bond donors (Lipinski definition) is 1. The maximum Gasteiger partial charge on any atom is 0.243 e. The summed E-state index contributed by atoms with van der Waals surface area (Å²) in [7, 11) is 1.64. The first-order chi connectivity index (χ1) is 17.9. The van der Waals surface area contributed by atoms with Gasteiger partial charge < -0.3 is 15.0 Å². The molecule has 1 N–H and O–H groups in total. The third kappa shape index (κ3) is 8.83. The van der Waals surface area contributed by atoms with Gasteiger partial charge in [-0.25, -0.2) is 0 Å². The first-order valence-corrected chi connectivity index (χ1v) is 14.0. The van der Waals surface area contributed by atoms with Crippen LogP contribution in [0.15, 0.2) is 78.9 Å². The molecule has 3 aromatic rings. The zero-order chi connectivity index (χ0) is 26.6. The van der Waals surface area contributed by atoms with Crippen LogP contribution in [0.5, 0.6) is 5.75 Å². The number of thioether (sulfide) groups is 1. The number of carbonyl (C=O) groups is 2. The highest BCUT2D eigenvalue weighted by molar-refractivity contribution is 7.99. The zero-order valence-corrected chi connectivity index (χ0v) is 23.2. The van der Waals surface area contributed by atoms with Crippen LogP contribution >= 0.6 is 23.4 Å². The molecule has 37 heavy (non-hydrogen) atoms. The molecule has 0 aliphatic carbocycles. The lowest BCUT2D eigenvalue weighted by molar-refractivity contribution is -0.139. The Morgan fingerprint density at radius 3 is 2.30 bits per heavy atom. The summed E-state index contributed by atoms with van der Waals surface area (Å²) < 4.78 is 5.23. The van der Waals surface area contributed by atoms with E-state index >= 15 is 0 Å². The van der Waals surface area contributed by atoms with Crippen molar-refractivity contribution >= 4 is 35.2 Å². The van der Waals surface area contributed by atoms with Gasteiger partial charge in [-0.1, -0.05) is 79.2 Å². The SMILES string of the molecule is CCC(C)NC(=O)C(Cc1ccccc1)N(Cc1ccccc1Cl)C(=O)CSCc1ccc(OC)cc1. The number of halogens is 1. The molecule has 0 fully saturated rings. The molecule has 196 valence electrons. The van der Waals surface area contributed by atoms with E-state index in [2.05, 4.69) is 5.32 Å². The summed E-state index contributed by atoms with van der Waals surface area (Å²) in [6, 6.07) is 24.4. The number of carbonyl (C=O) groups excluding carboxylic acids is 2. The molecule has 2 amide bonds. The molecule has 5 nitrogen and oxygen atoms in total. The average Bonchev–Trinajstić information content (AvgIpc) is 2.92. The molecule has 0 spiro atoms. The molecular weight excluding hydrogens is 504 g/mol. The van der Waals surface area contributed by atoms with Gasteiger partial charge in [0.2, 0.25) is 11.8 Å². The number of nitrogens with one attached hydrogen (secondary N) is 1. The second-order valence-electron chi connectivity index (χ2n) is 8.98. The summed E-state index contributed by atoms with van der Waals surface area (Å²) in [4.78, 5) is 28.9. The molecule has 2 atom stereocenters. The second kappa shape index (κ2) is 14.7. The van der Waals surface area contributed by atoms with Crippen molar-refractivity contribution in [3.8, 4) is 5.75 Å². The van der Waals surface area contributed by atoms with Gasteiger partial charge in [-0.2, -0.15) is 0 Å². The minimum Gasteiger partial charge on any atom is -0.497 e. The Balaban J connectivity index is 1.84. The molecule has 0 radical (unpaired) electrons. The Bertz CT molecular complexity index is 1140. The highest BCUT2D eigenvalue weighted by Gasteiger charge is 2.31. The molecule has 7 heteroatoms. The molecule has 0 bridgehead atoms. The van der Waals surface area contributed by atoms with E-state index in [-0.39, 0.29) is 30.2 Å². The standard InChI is InChI=1S/C30H35ClN2O3S/c1-4-22(2)32-30(35)28(18-23-10-6-5-7-11-23)33(19-25-12-8-9-13-27(25)31)29(34)21-37-20-24-14-16-26(36-3)17-15-24/h5-17,22,28H,4,18-21H2,1-3H3,(H,32,35). The van der Waals surface area contributed by atoms with Crippen molar-refractivity contribution < 1.29 is 14.3 Å². The fourth-order valence-electron chi connectivity index (χ4n) is 3.87. The van der Waals surface area contributed by atoms with Gasteiger partial charge in [-0.15, -0.1) is 11.8 Å². The number of hydrogen-bond acceptors (Lipinski definition) is 4. The van der Waals surface area contributed by atoms with Gasteiger partial charge >= 0.3 is 0 Å². The molecule has 0 aliphatic rings. The number of ether oxygens (including phenoxy) is 1. The molecule has 3 rings (SSSR count). The zero-order valence-electron chi connectivity index (χ0n) is 21.7. The molecule has 0 saturated heterocycles. The lowest BCUT2D eigenvalue weighted by Crippen LogP contribution is -2.52. The Labute approximate surface area is 229 Å². The smallest absolute Gasteiger partial charge is 0.243 e. The molecule has 0 heterocycles. The second-order valence-corrected chi connectivity index (χ2v) is 10.4. The van der Waals surface area contributed by atoms with E-state index in [0.717, 1.165) is 28.9 Å². The normalized spacial score (nSPS) is 12.4.